The third kappa shape index (κ3) is 5.07. The molecule has 2 rings (SSSR count). The number of piperidine rings is 1. The number of ether oxygens (including phenoxy) is 1. The molecule has 0 spiro atoms. The SMILES string of the molecule is O=C(O)CSCC(=O)N1CCCC(S(=O)(=O)N2CCOCC2)C1. The molecule has 2 aliphatic rings. The topological polar surface area (TPSA) is 104 Å². The lowest BCUT2D eigenvalue weighted by Crippen LogP contribution is -2.52. The van der Waals surface area contributed by atoms with Crippen LogP contribution in [0, 0.1) is 0 Å². The molecule has 2 heterocycles. The third-order valence-corrected chi connectivity index (χ3v) is 7.15. The van der Waals surface area contributed by atoms with Crippen molar-refractivity contribution >= 4 is 33.7 Å². The number of carbonyl (C=O) groups is 2. The molecule has 1 unspecified atom stereocenters. The van der Waals surface area contributed by atoms with E-state index in [9.17, 15) is 18.0 Å². The van der Waals surface area contributed by atoms with Crippen LogP contribution in [-0.2, 0) is 24.3 Å². The molecule has 0 aromatic rings. The summed E-state index contributed by atoms with van der Waals surface area (Å²) in [7, 11) is -3.43. The monoisotopic (exact) mass is 366 g/mol. The first-order chi connectivity index (χ1) is 10.9. The van der Waals surface area contributed by atoms with Gasteiger partial charge in [-0.15, -0.1) is 11.8 Å². The van der Waals surface area contributed by atoms with E-state index >= 15 is 0 Å². The van der Waals surface area contributed by atoms with Crippen molar-refractivity contribution in [2.45, 2.75) is 18.1 Å². The molecule has 0 radical (unpaired) electrons. The van der Waals surface area contributed by atoms with Gasteiger partial charge >= 0.3 is 5.97 Å². The summed E-state index contributed by atoms with van der Waals surface area (Å²) >= 11 is 1.03. The number of carboxylic acid groups (broad SMARTS) is 1. The predicted molar refractivity (Wildman–Crippen MR) is 85.9 cm³/mol. The van der Waals surface area contributed by atoms with E-state index in [0.29, 0.717) is 45.7 Å². The Morgan fingerprint density at radius 3 is 2.52 bits per heavy atom. The van der Waals surface area contributed by atoms with Crippen molar-refractivity contribution in [3.63, 3.8) is 0 Å². The molecule has 0 aliphatic carbocycles. The lowest BCUT2D eigenvalue weighted by Gasteiger charge is -2.36. The molecule has 2 fully saturated rings. The average molecular weight is 366 g/mol. The van der Waals surface area contributed by atoms with Gasteiger partial charge in [-0.3, -0.25) is 9.59 Å². The Balaban J connectivity index is 1.91. The molecule has 2 saturated heterocycles. The van der Waals surface area contributed by atoms with Crippen LogP contribution < -0.4 is 0 Å². The Hall–Kier alpha value is -0.840. The minimum Gasteiger partial charge on any atom is -0.481 e. The molecule has 1 amide bonds. The zero-order valence-corrected chi connectivity index (χ0v) is 14.5. The fraction of sp³-hybridized carbons (Fsp3) is 0.846. The first kappa shape index (κ1) is 18.5. The van der Waals surface area contributed by atoms with Crippen LogP contribution in [0.25, 0.3) is 0 Å². The van der Waals surface area contributed by atoms with E-state index in [-0.39, 0.29) is 24.0 Å². The highest BCUT2D eigenvalue weighted by molar-refractivity contribution is 8.00. The van der Waals surface area contributed by atoms with Crippen molar-refractivity contribution in [2.75, 3.05) is 50.9 Å². The molecule has 1 atom stereocenters. The van der Waals surface area contributed by atoms with Gasteiger partial charge in [0, 0.05) is 26.2 Å². The van der Waals surface area contributed by atoms with E-state index in [2.05, 4.69) is 0 Å². The number of morpholine rings is 1. The number of hydrogen-bond donors (Lipinski definition) is 1. The maximum absolute atomic E-state index is 12.7. The molecule has 2 aliphatic heterocycles. The van der Waals surface area contributed by atoms with Gasteiger partial charge in [0.05, 0.1) is 30.0 Å². The molecule has 0 aromatic heterocycles. The van der Waals surface area contributed by atoms with E-state index in [0.717, 1.165) is 11.8 Å². The number of thioether (sulfide) groups is 1. The lowest BCUT2D eigenvalue weighted by atomic mass is 10.1. The summed E-state index contributed by atoms with van der Waals surface area (Å²) in [5.41, 5.74) is 0. The summed E-state index contributed by atoms with van der Waals surface area (Å²) in [4.78, 5) is 24.1. The molecular formula is C13H22N2O6S2. The predicted octanol–water partition coefficient (Wildman–Crippen LogP) is -0.543. The Kier molecular flexibility index (Phi) is 6.69. The maximum atomic E-state index is 12.7. The zero-order valence-electron chi connectivity index (χ0n) is 12.8. The number of carboxylic acids is 1. The summed E-state index contributed by atoms with van der Waals surface area (Å²) in [6.45, 7) is 2.25. The van der Waals surface area contributed by atoms with Crippen LogP contribution in [0.5, 0.6) is 0 Å². The molecule has 0 aromatic carbocycles. The molecule has 10 heteroatoms. The van der Waals surface area contributed by atoms with Gasteiger partial charge in [0.2, 0.25) is 15.9 Å². The van der Waals surface area contributed by atoms with E-state index in [1.54, 1.807) is 4.90 Å². The van der Waals surface area contributed by atoms with E-state index < -0.39 is 21.2 Å². The number of amides is 1. The number of hydrogen-bond acceptors (Lipinski definition) is 6. The summed E-state index contributed by atoms with van der Waals surface area (Å²) < 4.78 is 32.0. The second kappa shape index (κ2) is 8.32. The van der Waals surface area contributed by atoms with Crippen LogP contribution in [-0.4, -0.2) is 90.8 Å². The summed E-state index contributed by atoms with van der Waals surface area (Å²) in [6.07, 6.45) is 1.19. The van der Waals surface area contributed by atoms with Crippen molar-refractivity contribution in [3.05, 3.63) is 0 Å². The quantitative estimate of drug-likeness (QED) is 0.673. The molecule has 23 heavy (non-hydrogen) atoms. The largest absolute Gasteiger partial charge is 0.481 e. The van der Waals surface area contributed by atoms with Gasteiger partial charge < -0.3 is 14.7 Å². The van der Waals surface area contributed by atoms with Crippen LogP contribution in [0.4, 0.5) is 0 Å². The van der Waals surface area contributed by atoms with Crippen molar-refractivity contribution in [1.82, 2.24) is 9.21 Å². The van der Waals surface area contributed by atoms with Crippen LogP contribution in [0.1, 0.15) is 12.8 Å². The van der Waals surface area contributed by atoms with Crippen molar-refractivity contribution in [2.24, 2.45) is 0 Å². The van der Waals surface area contributed by atoms with Gasteiger partial charge in [-0.1, -0.05) is 0 Å². The van der Waals surface area contributed by atoms with Crippen LogP contribution in [0.15, 0.2) is 0 Å². The number of sulfonamides is 1. The van der Waals surface area contributed by atoms with Crippen LogP contribution in [0.3, 0.4) is 0 Å². The highest BCUT2D eigenvalue weighted by Gasteiger charge is 2.37. The van der Waals surface area contributed by atoms with Gasteiger partial charge in [-0.2, -0.15) is 4.31 Å². The second-order valence-corrected chi connectivity index (χ2v) is 8.75. The number of nitrogens with zero attached hydrogens (tertiary/aromatic N) is 2. The van der Waals surface area contributed by atoms with Gasteiger partial charge in [0.1, 0.15) is 0 Å². The van der Waals surface area contributed by atoms with Crippen molar-refractivity contribution < 1.29 is 27.9 Å². The first-order valence-electron chi connectivity index (χ1n) is 7.55. The number of likely N-dealkylation sites (tertiary alicyclic amines) is 1. The fourth-order valence-electron chi connectivity index (χ4n) is 2.74. The molecule has 132 valence electrons. The number of aliphatic carboxylic acids is 1. The molecule has 8 nitrogen and oxygen atoms in total. The Bertz CT molecular complexity index is 533. The Morgan fingerprint density at radius 1 is 1.17 bits per heavy atom. The van der Waals surface area contributed by atoms with Crippen LogP contribution >= 0.6 is 11.8 Å². The van der Waals surface area contributed by atoms with Crippen molar-refractivity contribution in [3.8, 4) is 0 Å². The van der Waals surface area contributed by atoms with Gasteiger partial charge in [0.15, 0.2) is 0 Å². The van der Waals surface area contributed by atoms with Gasteiger partial charge in [-0.05, 0) is 12.8 Å². The number of carbonyl (C=O) groups excluding carboxylic acids is 1. The Labute approximate surface area is 140 Å². The van der Waals surface area contributed by atoms with E-state index in [1.807, 2.05) is 0 Å². The normalized spacial score (nSPS) is 23.7. The zero-order chi connectivity index (χ0) is 16.9. The van der Waals surface area contributed by atoms with E-state index in [4.69, 9.17) is 9.84 Å². The highest BCUT2D eigenvalue weighted by atomic mass is 32.2. The standard InChI is InChI=1S/C13H22N2O6S2/c16-12(9-22-10-13(17)18)14-3-1-2-11(8-14)23(19,20)15-4-6-21-7-5-15/h11H,1-10H2,(H,17,18). The lowest BCUT2D eigenvalue weighted by molar-refractivity contribution is -0.133. The molecular weight excluding hydrogens is 344 g/mol. The maximum Gasteiger partial charge on any atom is 0.313 e. The third-order valence-electron chi connectivity index (χ3n) is 3.93. The summed E-state index contributed by atoms with van der Waals surface area (Å²) in [5, 5.41) is 8.01. The Morgan fingerprint density at radius 2 is 1.87 bits per heavy atom. The van der Waals surface area contributed by atoms with Crippen molar-refractivity contribution in [1.29, 1.82) is 0 Å². The molecule has 0 bridgehead atoms. The average Bonchev–Trinajstić information content (AvgIpc) is 2.55. The number of rotatable bonds is 6. The minimum atomic E-state index is -3.43. The highest BCUT2D eigenvalue weighted by Crippen LogP contribution is 2.22. The smallest absolute Gasteiger partial charge is 0.313 e. The van der Waals surface area contributed by atoms with E-state index in [1.165, 1.54) is 4.31 Å². The summed E-state index contributed by atoms with van der Waals surface area (Å²) in [5.74, 6) is -1.22. The fourth-order valence-corrected chi connectivity index (χ4v) is 5.28. The van der Waals surface area contributed by atoms with Gasteiger partial charge in [0.25, 0.3) is 0 Å². The van der Waals surface area contributed by atoms with Gasteiger partial charge in [-0.25, -0.2) is 8.42 Å². The summed E-state index contributed by atoms with van der Waals surface area (Å²) in [6, 6.07) is 0. The minimum absolute atomic E-state index is 0.0661. The first-order valence-corrected chi connectivity index (χ1v) is 10.2. The molecule has 1 N–H and O–H groups in total. The van der Waals surface area contributed by atoms with Crippen LogP contribution in [0.2, 0.25) is 0 Å². The second-order valence-electron chi connectivity index (χ2n) is 5.55. The molecule has 0 saturated carbocycles.